The zero-order chi connectivity index (χ0) is 14.8. The molecule has 20 heavy (non-hydrogen) atoms. The molecule has 1 atom stereocenters. The maximum absolute atomic E-state index is 12.4. The average Bonchev–Trinajstić information content (AvgIpc) is 2.80. The smallest absolute Gasteiger partial charge is 0.313 e. The van der Waals surface area contributed by atoms with Crippen molar-refractivity contribution in [1.29, 1.82) is 0 Å². The highest BCUT2D eigenvalue weighted by Crippen LogP contribution is 2.36. The van der Waals surface area contributed by atoms with Crippen LogP contribution in [0.1, 0.15) is 52.0 Å². The van der Waals surface area contributed by atoms with Gasteiger partial charge in [-0.1, -0.05) is 19.4 Å². The number of esters is 1. The van der Waals surface area contributed by atoms with Crippen molar-refractivity contribution < 1.29 is 19.0 Å². The Kier molecular flexibility index (Phi) is 4.21. The third-order valence-corrected chi connectivity index (χ3v) is 3.07. The molecule has 4 nitrogen and oxygen atoms in total. The lowest BCUT2D eigenvalue weighted by Crippen LogP contribution is -2.27. The van der Waals surface area contributed by atoms with Gasteiger partial charge in [-0.2, -0.15) is 0 Å². The minimum atomic E-state index is -0.473. The van der Waals surface area contributed by atoms with Crippen LogP contribution in [0.3, 0.4) is 0 Å². The lowest BCUT2D eigenvalue weighted by molar-refractivity contribution is -0.157. The summed E-state index contributed by atoms with van der Waals surface area (Å²) in [5, 5.41) is 0. The first-order valence-corrected chi connectivity index (χ1v) is 7.03. The summed E-state index contributed by atoms with van der Waals surface area (Å²) < 4.78 is 16.2. The Morgan fingerprint density at radius 1 is 1.30 bits per heavy atom. The molecule has 0 aromatic heterocycles. The van der Waals surface area contributed by atoms with Crippen LogP contribution in [0.4, 0.5) is 0 Å². The van der Waals surface area contributed by atoms with Crippen molar-refractivity contribution in [1.82, 2.24) is 0 Å². The summed E-state index contributed by atoms with van der Waals surface area (Å²) in [4.78, 5) is 12.4. The number of carbonyl (C=O) groups is 1. The van der Waals surface area contributed by atoms with Gasteiger partial charge in [0.05, 0.1) is 5.92 Å². The van der Waals surface area contributed by atoms with Crippen molar-refractivity contribution in [2.45, 2.75) is 52.1 Å². The Hall–Kier alpha value is -1.71. The third kappa shape index (κ3) is 3.44. The first kappa shape index (κ1) is 14.7. The maximum Gasteiger partial charge on any atom is 0.313 e. The lowest BCUT2D eigenvalue weighted by Gasteiger charge is -2.24. The number of carbonyl (C=O) groups excluding carboxylic acids is 1. The van der Waals surface area contributed by atoms with Crippen LogP contribution >= 0.6 is 0 Å². The molecule has 0 fully saturated rings. The Morgan fingerprint density at radius 2 is 2.00 bits per heavy atom. The molecular weight excluding hydrogens is 256 g/mol. The fourth-order valence-corrected chi connectivity index (χ4v) is 2.21. The Bertz CT molecular complexity index is 488. The summed E-state index contributed by atoms with van der Waals surface area (Å²) in [6.45, 7) is 7.95. The quantitative estimate of drug-likeness (QED) is 0.789. The van der Waals surface area contributed by atoms with Crippen LogP contribution in [0.15, 0.2) is 18.2 Å². The van der Waals surface area contributed by atoms with Crippen LogP contribution in [-0.4, -0.2) is 18.4 Å². The predicted molar refractivity (Wildman–Crippen MR) is 76.1 cm³/mol. The zero-order valence-corrected chi connectivity index (χ0v) is 12.6. The largest absolute Gasteiger partial charge is 0.459 e. The van der Waals surface area contributed by atoms with Crippen LogP contribution < -0.4 is 9.47 Å². The van der Waals surface area contributed by atoms with E-state index >= 15 is 0 Å². The zero-order valence-electron chi connectivity index (χ0n) is 12.6. The van der Waals surface area contributed by atoms with Crippen molar-refractivity contribution in [2.75, 3.05) is 6.79 Å². The van der Waals surface area contributed by atoms with Crippen LogP contribution in [-0.2, 0) is 9.53 Å². The van der Waals surface area contributed by atoms with E-state index in [0.29, 0.717) is 5.75 Å². The molecule has 1 aromatic rings. The summed E-state index contributed by atoms with van der Waals surface area (Å²) in [5.74, 6) is 0.993. The van der Waals surface area contributed by atoms with Crippen LogP contribution in [0.2, 0.25) is 0 Å². The molecule has 0 saturated heterocycles. The molecule has 0 amide bonds. The second-order valence-corrected chi connectivity index (χ2v) is 5.99. The van der Waals surface area contributed by atoms with Gasteiger partial charge in [0.2, 0.25) is 6.79 Å². The monoisotopic (exact) mass is 278 g/mol. The van der Waals surface area contributed by atoms with Crippen molar-refractivity contribution in [2.24, 2.45) is 0 Å². The van der Waals surface area contributed by atoms with Gasteiger partial charge >= 0.3 is 5.97 Å². The molecule has 1 unspecified atom stereocenters. The lowest BCUT2D eigenvalue weighted by atomic mass is 9.94. The molecule has 110 valence electrons. The van der Waals surface area contributed by atoms with Gasteiger partial charge in [-0.3, -0.25) is 4.79 Å². The van der Waals surface area contributed by atoms with Crippen molar-refractivity contribution >= 4 is 5.97 Å². The summed E-state index contributed by atoms with van der Waals surface area (Å²) in [5.41, 5.74) is 0.449. The van der Waals surface area contributed by atoms with Gasteiger partial charge < -0.3 is 14.2 Å². The second kappa shape index (κ2) is 5.73. The third-order valence-electron chi connectivity index (χ3n) is 3.07. The molecule has 0 bridgehead atoms. The SMILES string of the molecule is CCCC(C(=O)OC(C)(C)C)c1ccc2c(c1)OCO2. The first-order chi connectivity index (χ1) is 9.40. The molecule has 1 aromatic carbocycles. The number of hydrogen-bond acceptors (Lipinski definition) is 4. The molecule has 4 heteroatoms. The molecule has 1 aliphatic rings. The van der Waals surface area contributed by atoms with E-state index < -0.39 is 5.60 Å². The van der Waals surface area contributed by atoms with E-state index in [2.05, 4.69) is 6.92 Å². The van der Waals surface area contributed by atoms with E-state index in [1.807, 2.05) is 39.0 Å². The molecule has 0 saturated carbocycles. The van der Waals surface area contributed by atoms with Gasteiger partial charge in [-0.25, -0.2) is 0 Å². The Balaban J connectivity index is 2.22. The average molecular weight is 278 g/mol. The molecule has 0 spiro atoms. The minimum Gasteiger partial charge on any atom is -0.459 e. The Morgan fingerprint density at radius 3 is 2.65 bits per heavy atom. The van der Waals surface area contributed by atoms with E-state index in [1.54, 1.807) is 0 Å². The van der Waals surface area contributed by atoms with E-state index in [4.69, 9.17) is 14.2 Å². The van der Waals surface area contributed by atoms with Gasteiger partial charge in [0.1, 0.15) is 5.60 Å². The van der Waals surface area contributed by atoms with Gasteiger partial charge in [0, 0.05) is 0 Å². The second-order valence-electron chi connectivity index (χ2n) is 5.99. The number of hydrogen-bond donors (Lipinski definition) is 0. The standard InChI is InChI=1S/C16H22O4/c1-5-6-12(15(17)20-16(2,3)4)11-7-8-13-14(9-11)19-10-18-13/h7-9,12H,5-6,10H2,1-4H3. The molecule has 1 heterocycles. The van der Waals surface area contributed by atoms with E-state index in [1.165, 1.54) is 0 Å². The Labute approximate surface area is 120 Å². The maximum atomic E-state index is 12.4. The molecule has 2 rings (SSSR count). The molecule has 0 aliphatic carbocycles. The highest BCUT2D eigenvalue weighted by atomic mass is 16.7. The van der Waals surface area contributed by atoms with E-state index in [0.717, 1.165) is 24.2 Å². The molecule has 1 aliphatic heterocycles. The van der Waals surface area contributed by atoms with Crippen LogP contribution in [0, 0.1) is 0 Å². The topological polar surface area (TPSA) is 44.8 Å². The summed E-state index contributed by atoms with van der Waals surface area (Å²) >= 11 is 0. The highest BCUT2D eigenvalue weighted by Gasteiger charge is 2.27. The van der Waals surface area contributed by atoms with Crippen molar-refractivity contribution in [3.05, 3.63) is 23.8 Å². The predicted octanol–water partition coefficient (Wildman–Crippen LogP) is 3.64. The van der Waals surface area contributed by atoms with Gasteiger partial charge in [-0.05, 0) is 44.9 Å². The number of rotatable bonds is 4. The van der Waals surface area contributed by atoms with Crippen molar-refractivity contribution in [3.63, 3.8) is 0 Å². The summed E-state index contributed by atoms with van der Waals surface area (Å²) in [7, 11) is 0. The summed E-state index contributed by atoms with van der Waals surface area (Å²) in [6.07, 6.45) is 1.67. The van der Waals surface area contributed by atoms with Crippen LogP contribution in [0.25, 0.3) is 0 Å². The normalized spacial score (nSPS) is 15.0. The van der Waals surface area contributed by atoms with Crippen molar-refractivity contribution in [3.8, 4) is 11.5 Å². The fourth-order valence-electron chi connectivity index (χ4n) is 2.21. The molecular formula is C16H22O4. The molecule has 0 N–H and O–H groups in total. The van der Waals surface area contributed by atoms with Crippen LogP contribution in [0.5, 0.6) is 11.5 Å². The number of ether oxygens (including phenoxy) is 3. The van der Waals surface area contributed by atoms with E-state index in [9.17, 15) is 4.79 Å². The van der Waals surface area contributed by atoms with Gasteiger partial charge in [0.25, 0.3) is 0 Å². The summed E-state index contributed by atoms with van der Waals surface area (Å²) in [6, 6.07) is 5.65. The first-order valence-electron chi connectivity index (χ1n) is 7.03. The van der Waals surface area contributed by atoms with Gasteiger partial charge in [0.15, 0.2) is 11.5 Å². The van der Waals surface area contributed by atoms with Gasteiger partial charge in [-0.15, -0.1) is 0 Å². The number of fused-ring (bicyclic) bond motifs is 1. The number of benzene rings is 1. The molecule has 0 radical (unpaired) electrons. The van der Waals surface area contributed by atoms with E-state index in [-0.39, 0.29) is 18.7 Å². The highest BCUT2D eigenvalue weighted by molar-refractivity contribution is 5.79. The fraction of sp³-hybridized carbons (Fsp3) is 0.562. The minimum absolute atomic E-state index is 0.182.